The van der Waals surface area contributed by atoms with Gasteiger partial charge in [0.2, 0.25) is 0 Å². The monoisotopic (exact) mass is 390 g/mol. The number of nitrogens with zero attached hydrogens (tertiary/aromatic N) is 1. The lowest BCUT2D eigenvalue weighted by atomic mass is 10.2. The molecule has 116 valence electrons. The minimum Gasteiger partial charge on any atom is -0.440 e. The number of hydrogen-bond donors (Lipinski definition) is 1. The van der Waals surface area contributed by atoms with E-state index >= 15 is 0 Å². The van der Waals surface area contributed by atoms with Gasteiger partial charge in [0.25, 0.3) is 5.91 Å². The highest BCUT2D eigenvalue weighted by molar-refractivity contribution is 9.10. The van der Waals surface area contributed by atoms with Crippen LogP contribution in [0.3, 0.4) is 0 Å². The highest BCUT2D eigenvalue weighted by Gasteiger charge is 2.28. The summed E-state index contributed by atoms with van der Waals surface area (Å²) in [4.78, 5) is 16.9. The highest BCUT2D eigenvalue weighted by Crippen LogP contribution is 2.40. The Kier molecular flexibility index (Phi) is 3.62. The Morgan fingerprint density at radius 2 is 2.09 bits per heavy atom. The van der Waals surface area contributed by atoms with Gasteiger partial charge in [-0.1, -0.05) is 27.5 Å². The largest absolute Gasteiger partial charge is 0.440 e. The molecule has 1 aliphatic rings. The molecule has 1 amide bonds. The van der Waals surface area contributed by atoms with Crippen molar-refractivity contribution in [1.29, 1.82) is 0 Å². The fourth-order valence-corrected chi connectivity index (χ4v) is 2.96. The molecule has 1 aliphatic carbocycles. The molecule has 1 aromatic heterocycles. The molecule has 2 aromatic carbocycles. The SMILES string of the molecule is O=C(Nc1ccc2oc(C3CC3)nc2c1)c1cc(Br)ccc1Cl. The van der Waals surface area contributed by atoms with Crippen LogP contribution >= 0.6 is 27.5 Å². The molecule has 0 atom stereocenters. The Bertz CT molecular complexity index is 918. The van der Waals surface area contributed by atoms with Crippen molar-refractivity contribution in [3.63, 3.8) is 0 Å². The average molecular weight is 392 g/mol. The molecule has 1 heterocycles. The Labute approximate surface area is 146 Å². The van der Waals surface area contributed by atoms with Gasteiger partial charge in [0.15, 0.2) is 11.5 Å². The van der Waals surface area contributed by atoms with Crippen molar-refractivity contribution in [2.75, 3.05) is 5.32 Å². The maximum atomic E-state index is 12.4. The van der Waals surface area contributed by atoms with Crippen LogP contribution in [0.1, 0.15) is 35.0 Å². The molecule has 1 N–H and O–H groups in total. The minimum atomic E-state index is -0.262. The molecule has 0 unspecified atom stereocenters. The number of benzene rings is 2. The number of aromatic nitrogens is 1. The van der Waals surface area contributed by atoms with Crippen LogP contribution < -0.4 is 5.32 Å². The molecule has 1 fully saturated rings. The van der Waals surface area contributed by atoms with Gasteiger partial charge in [-0.2, -0.15) is 0 Å². The summed E-state index contributed by atoms with van der Waals surface area (Å²) in [6.45, 7) is 0. The van der Waals surface area contributed by atoms with Gasteiger partial charge in [0, 0.05) is 16.1 Å². The smallest absolute Gasteiger partial charge is 0.257 e. The van der Waals surface area contributed by atoms with Crippen molar-refractivity contribution in [3.8, 4) is 0 Å². The number of halogens is 2. The van der Waals surface area contributed by atoms with Crippen LogP contribution in [0.4, 0.5) is 5.69 Å². The number of hydrogen-bond acceptors (Lipinski definition) is 3. The van der Waals surface area contributed by atoms with Gasteiger partial charge < -0.3 is 9.73 Å². The number of rotatable bonds is 3. The topological polar surface area (TPSA) is 55.1 Å². The second-order valence-electron chi connectivity index (χ2n) is 5.59. The van der Waals surface area contributed by atoms with Crippen LogP contribution in [-0.2, 0) is 0 Å². The standard InChI is InChI=1S/C17H12BrClN2O2/c18-10-3-5-13(19)12(7-10)16(22)20-11-4-6-15-14(8-11)21-17(23-15)9-1-2-9/h3-9H,1-2H2,(H,20,22). The minimum absolute atomic E-state index is 0.262. The quantitative estimate of drug-likeness (QED) is 0.652. The first-order chi connectivity index (χ1) is 11.1. The molecule has 4 nitrogen and oxygen atoms in total. The van der Waals surface area contributed by atoms with Gasteiger partial charge in [-0.3, -0.25) is 4.79 Å². The van der Waals surface area contributed by atoms with Gasteiger partial charge >= 0.3 is 0 Å². The molecule has 6 heteroatoms. The van der Waals surface area contributed by atoms with Crippen molar-refractivity contribution in [2.24, 2.45) is 0 Å². The molecular formula is C17H12BrClN2O2. The maximum absolute atomic E-state index is 12.4. The first kappa shape index (κ1) is 14.7. The zero-order valence-electron chi connectivity index (χ0n) is 12.0. The summed E-state index contributed by atoms with van der Waals surface area (Å²) in [6, 6.07) is 10.6. The van der Waals surface area contributed by atoms with Gasteiger partial charge in [0.05, 0.1) is 10.6 Å². The summed E-state index contributed by atoms with van der Waals surface area (Å²) >= 11 is 9.43. The molecule has 23 heavy (non-hydrogen) atoms. The van der Waals surface area contributed by atoms with Crippen molar-refractivity contribution >= 4 is 50.2 Å². The molecule has 0 radical (unpaired) electrons. The van der Waals surface area contributed by atoms with Gasteiger partial charge in [-0.25, -0.2) is 4.98 Å². The number of oxazole rings is 1. The molecule has 0 aliphatic heterocycles. The van der Waals surface area contributed by atoms with Crippen molar-refractivity contribution in [1.82, 2.24) is 4.98 Å². The normalized spacial score (nSPS) is 14.2. The first-order valence-electron chi connectivity index (χ1n) is 7.27. The lowest BCUT2D eigenvalue weighted by molar-refractivity contribution is 0.102. The lowest BCUT2D eigenvalue weighted by Gasteiger charge is -2.07. The van der Waals surface area contributed by atoms with Crippen LogP contribution in [0.5, 0.6) is 0 Å². The number of amides is 1. The number of fused-ring (bicyclic) bond motifs is 1. The Morgan fingerprint density at radius 1 is 1.26 bits per heavy atom. The van der Waals surface area contributed by atoms with E-state index in [9.17, 15) is 4.79 Å². The van der Waals surface area contributed by atoms with Crippen LogP contribution in [0.15, 0.2) is 45.3 Å². The first-order valence-corrected chi connectivity index (χ1v) is 8.44. The number of carbonyl (C=O) groups excluding carboxylic acids is 1. The molecule has 3 aromatic rings. The summed E-state index contributed by atoms with van der Waals surface area (Å²) in [7, 11) is 0. The Balaban J connectivity index is 1.61. The van der Waals surface area contributed by atoms with Crippen LogP contribution in [-0.4, -0.2) is 10.9 Å². The summed E-state index contributed by atoms with van der Waals surface area (Å²) in [5, 5.41) is 3.25. The van der Waals surface area contributed by atoms with E-state index in [-0.39, 0.29) is 5.91 Å². The number of nitrogens with one attached hydrogen (secondary N) is 1. The van der Waals surface area contributed by atoms with Crippen LogP contribution in [0.25, 0.3) is 11.1 Å². The van der Waals surface area contributed by atoms with E-state index < -0.39 is 0 Å². The van der Waals surface area contributed by atoms with E-state index in [1.54, 1.807) is 24.3 Å². The second kappa shape index (κ2) is 5.65. The van der Waals surface area contributed by atoms with Gasteiger partial charge in [-0.15, -0.1) is 0 Å². The zero-order valence-corrected chi connectivity index (χ0v) is 14.3. The summed E-state index contributed by atoms with van der Waals surface area (Å²) in [6.07, 6.45) is 2.27. The molecule has 0 saturated heterocycles. The maximum Gasteiger partial charge on any atom is 0.257 e. The fourth-order valence-electron chi connectivity index (χ4n) is 2.40. The van der Waals surface area contributed by atoms with E-state index in [0.717, 1.165) is 34.3 Å². The molecule has 4 rings (SSSR count). The van der Waals surface area contributed by atoms with E-state index in [2.05, 4.69) is 26.2 Å². The van der Waals surface area contributed by atoms with Crippen LogP contribution in [0.2, 0.25) is 5.02 Å². The number of anilines is 1. The predicted octanol–water partition coefficient (Wildman–Crippen LogP) is 5.37. The molecular weight excluding hydrogens is 380 g/mol. The van der Waals surface area contributed by atoms with Crippen molar-refractivity contribution in [3.05, 3.63) is 57.3 Å². The Hall–Kier alpha value is -1.85. The third-order valence-electron chi connectivity index (χ3n) is 3.76. The van der Waals surface area contributed by atoms with Crippen LogP contribution in [0, 0.1) is 0 Å². The van der Waals surface area contributed by atoms with E-state index in [1.807, 2.05) is 12.1 Å². The Morgan fingerprint density at radius 3 is 2.87 bits per heavy atom. The number of carbonyl (C=O) groups is 1. The second-order valence-corrected chi connectivity index (χ2v) is 6.91. The highest BCUT2D eigenvalue weighted by atomic mass is 79.9. The van der Waals surface area contributed by atoms with E-state index in [0.29, 0.717) is 22.2 Å². The molecule has 0 spiro atoms. The summed E-state index contributed by atoms with van der Waals surface area (Å²) < 4.78 is 6.52. The van der Waals surface area contributed by atoms with Crippen molar-refractivity contribution in [2.45, 2.75) is 18.8 Å². The lowest BCUT2D eigenvalue weighted by Crippen LogP contribution is -2.12. The summed E-state index contributed by atoms with van der Waals surface area (Å²) in [5.74, 6) is 0.987. The van der Waals surface area contributed by atoms with Crippen molar-refractivity contribution < 1.29 is 9.21 Å². The van der Waals surface area contributed by atoms with E-state index in [1.165, 1.54) is 0 Å². The van der Waals surface area contributed by atoms with Gasteiger partial charge in [-0.05, 0) is 49.2 Å². The zero-order chi connectivity index (χ0) is 16.0. The summed E-state index contributed by atoms with van der Waals surface area (Å²) in [5.41, 5.74) is 2.57. The van der Waals surface area contributed by atoms with E-state index in [4.69, 9.17) is 16.0 Å². The molecule has 0 bridgehead atoms. The average Bonchev–Trinajstić information content (AvgIpc) is 3.29. The fraction of sp³-hybridized carbons (Fsp3) is 0.176. The molecule has 1 saturated carbocycles. The third-order valence-corrected chi connectivity index (χ3v) is 4.58. The predicted molar refractivity (Wildman–Crippen MR) is 93.1 cm³/mol. The third kappa shape index (κ3) is 2.99. The van der Waals surface area contributed by atoms with Gasteiger partial charge in [0.1, 0.15) is 5.52 Å².